The third-order valence-electron chi connectivity index (χ3n) is 1.44. The Bertz CT molecular complexity index is 205. The molecular formula is C8H8BrI. The highest BCUT2D eigenvalue weighted by Gasteiger charge is 1.97. The zero-order valence-corrected chi connectivity index (χ0v) is 9.65. The molecule has 0 nitrogen and oxygen atoms in total. The predicted molar refractivity (Wildman–Crippen MR) is 56.3 cm³/mol. The average molecular weight is 311 g/mol. The SMILES string of the molecule is Cc1cc(I)c(C)cc1Br. The van der Waals surface area contributed by atoms with Crippen molar-refractivity contribution in [3.05, 3.63) is 31.3 Å². The smallest absolute Gasteiger partial charge is 0.0207 e. The van der Waals surface area contributed by atoms with Crippen LogP contribution in [0.4, 0.5) is 0 Å². The maximum atomic E-state index is 3.48. The molecule has 0 fully saturated rings. The molecule has 0 aliphatic carbocycles. The van der Waals surface area contributed by atoms with E-state index in [9.17, 15) is 0 Å². The maximum Gasteiger partial charge on any atom is 0.0207 e. The summed E-state index contributed by atoms with van der Waals surface area (Å²) in [5.41, 5.74) is 2.63. The van der Waals surface area contributed by atoms with Crippen molar-refractivity contribution in [3.8, 4) is 0 Å². The molecule has 1 aromatic rings. The van der Waals surface area contributed by atoms with Crippen LogP contribution in [0.5, 0.6) is 0 Å². The van der Waals surface area contributed by atoms with Gasteiger partial charge in [-0.1, -0.05) is 15.9 Å². The maximum absolute atomic E-state index is 3.48. The Morgan fingerprint density at radius 3 is 2.30 bits per heavy atom. The number of rotatable bonds is 0. The van der Waals surface area contributed by atoms with Gasteiger partial charge in [-0.15, -0.1) is 0 Å². The number of aryl methyl sites for hydroxylation is 2. The topological polar surface area (TPSA) is 0 Å². The summed E-state index contributed by atoms with van der Waals surface area (Å²) in [6.45, 7) is 4.22. The van der Waals surface area contributed by atoms with E-state index in [4.69, 9.17) is 0 Å². The highest BCUT2D eigenvalue weighted by molar-refractivity contribution is 14.1. The largest absolute Gasteiger partial charge is 0.0505 e. The van der Waals surface area contributed by atoms with Gasteiger partial charge in [0.05, 0.1) is 0 Å². The molecule has 0 heterocycles. The van der Waals surface area contributed by atoms with Crippen molar-refractivity contribution in [3.63, 3.8) is 0 Å². The summed E-state index contributed by atoms with van der Waals surface area (Å²) in [6, 6.07) is 4.33. The molecule has 1 rings (SSSR count). The molecule has 54 valence electrons. The lowest BCUT2D eigenvalue weighted by Crippen LogP contribution is -1.82. The molecule has 0 aromatic heterocycles. The lowest BCUT2D eigenvalue weighted by Gasteiger charge is -2.01. The molecule has 0 saturated carbocycles. The minimum absolute atomic E-state index is 1.20. The Morgan fingerprint density at radius 2 is 1.80 bits per heavy atom. The normalized spacial score (nSPS) is 10.0. The lowest BCUT2D eigenvalue weighted by molar-refractivity contribution is 1.34. The fourth-order valence-corrected chi connectivity index (χ4v) is 1.83. The van der Waals surface area contributed by atoms with Crippen molar-refractivity contribution >= 4 is 38.5 Å². The van der Waals surface area contributed by atoms with Crippen LogP contribution in [0, 0.1) is 17.4 Å². The zero-order chi connectivity index (χ0) is 7.72. The summed E-state index contributed by atoms with van der Waals surface area (Å²) in [5, 5.41) is 0. The zero-order valence-electron chi connectivity index (χ0n) is 5.91. The van der Waals surface area contributed by atoms with Crippen molar-refractivity contribution in [1.82, 2.24) is 0 Å². The minimum atomic E-state index is 1.20. The molecule has 0 aliphatic rings. The van der Waals surface area contributed by atoms with E-state index in [0.717, 1.165) is 0 Å². The third kappa shape index (κ3) is 1.72. The Balaban J connectivity index is 3.28. The Kier molecular flexibility index (Phi) is 2.74. The van der Waals surface area contributed by atoms with Gasteiger partial charge in [-0.05, 0) is 59.7 Å². The molecule has 0 bridgehead atoms. The molecule has 0 saturated heterocycles. The first-order valence-corrected chi connectivity index (χ1v) is 4.90. The standard InChI is InChI=1S/C8H8BrI/c1-5-4-8(10)6(2)3-7(5)9/h3-4H,1-2H3. The fourth-order valence-electron chi connectivity index (χ4n) is 0.746. The van der Waals surface area contributed by atoms with Crippen LogP contribution >= 0.6 is 38.5 Å². The highest BCUT2D eigenvalue weighted by atomic mass is 127. The van der Waals surface area contributed by atoms with Gasteiger partial charge in [-0.3, -0.25) is 0 Å². The molecule has 1 aromatic carbocycles. The predicted octanol–water partition coefficient (Wildman–Crippen LogP) is 3.67. The quantitative estimate of drug-likeness (QED) is 0.641. The van der Waals surface area contributed by atoms with Gasteiger partial charge in [0.1, 0.15) is 0 Å². The van der Waals surface area contributed by atoms with Gasteiger partial charge in [-0.25, -0.2) is 0 Å². The van der Waals surface area contributed by atoms with Gasteiger partial charge in [0.2, 0.25) is 0 Å². The molecule has 2 heteroatoms. The summed E-state index contributed by atoms with van der Waals surface area (Å²) in [4.78, 5) is 0. The van der Waals surface area contributed by atoms with Gasteiger partial charge in [0.25, 0.3) is 0 Å². The summed E-state index contributed by atoms with van der Waals surface area (Å²) < 4.78 is 2.53. The van der Waals surface area contributed by atoms with Crippen molar-refractivity contribution < 1.29 is 0 Å². The van der Waals surface area contributed by atoms with E-state index in [1.807, 2.05) is 0 Å². The summed E-state index contributed by atoms with van der Waals surface area (Å²) in [5.74, 6) is 0. The van der Waals surface area contributed by atoms with Crippen LogP contribution in [-0.4, -0.2) is 0 Å². The van der Waals surface area contributed by atoms with Crippen LogP contribution in [0.25, 0.3) is 0 Å². The van der Waals surface area contributed by atoms with Crippen molar-refractivity contribution in [2.24, 2.45) is 0 Å². The molecule has 0 radical (unpaired) electrons. The molecular weight excluding hydrogens is 303 g/mol. The van der Waals surface area contributed by atoms with Crippen molar-refractivity contribution in [1.29, 1.82) is 0 Å². The van der Waals surface area contributed by atoms with E-state index in [1.165, 1.54) is 19.2 Å². The van der Waals surface area contributed by atoms with Gasteiger partial charge in [-0.2, -0.15) is 0 Å². The van der Waals surface area contributed by atoms with Crippen LogP contribution in [0.2, 0.25) is 0 Å². The first-order valence-electron chi connectivity index (χ1n) is 3.03. The number of hydrogen-bond donors (Lipinski definition) is 0. The van der Waals surface area contributed by atoms with Crippen LogP contribution in [0.15, 0.2) is 16.6 Å². The summed E-state index contributed by atoms with van der Waals surface area (Å²) >= 11 is 5.82. The molecule has 0 amide bonds. The van der Waals surface area contributed by atoms with Gasteiger partial charge in [0, 0.05) is 8.04 Å². The van der Waals surface area contributed by atoms with E-state index < -0.39 is 0 Å². The third-order valence-corrected chi connectivity index (χ3v) is 3.46. The van der Waals surface area contributed by atoms with E-state index in [-0.39, 0.29) is 0 Å². The molecule has 0 aliphatic heterocycles. The number of benzene rings is 1. The van der Waals surface area contributed by atoms with E-state index >= 15 is 0 Å². The second-order valence-corrected chi connectivity index (χ2v) is 4.37. The second-order valence-electron chi connectivity index (χ2n) is 2.35. The van der Waals surface area contributed by atoms with E-state index in [1.54, 1.807) is 0 Å². The Morgan fingerprint density at radius 1 is 1.20 bits per heavy atom. The van der Waals surface area contributed by atoms with E-state index in [0.29, 0.717) is 0 Å². The molecule has 10 heavy (non-hydrogen) atoms. The van der Waals surface area contributed by atoms with Crippen LogP contribution < -0.4 is 0 Å². The molecule has 0 unspecified atom stereocenters. The second kappa shape index (κ2) is 3.22. The Labute approximate surface area is 83.3 Å². The molecule has 0 N–H and O–H groups in total. The summed E-state index contributed by atoms with van der Waals surface area (Å²) in [7, 11) is 0. The van der Waals surface area contributed by atoms with E-state index in [2.05, 4.69) is 64.5 Å². The minimum Gasteiger partial charge on any atom is -0.0505 e. The fraction of sp³-hybridized carbons (Fsp3) is 0.250. The van der Waals surface area contributed by atoms with Crippen molar-refractivity contribution in [2.45, 2.75) is 13.8 Å². The van der Waals surface area contributed by atoms with Gasteiger partial charge < -0.3 is 0 Å². The first kappa shape index (κ1) is 8.53. The average Bonchev–Trinajstić information content (AvgIpc) is 1.84. The van der Waals surface area contributed by atoms with Crippen LogP contribution in [-0.2, 0) is 0 Å². The van der Waals surface area contributed by atoms with Gasteiger partial charge in [0.15, 0.2) is 0 Å². The van der Waals surface area contributed by atoms with Crippen molar-refractivity contribution in [2.75, 3.05) is 0 Å². The lowest BCUT2D eigenvalue weighted by atomic mass is 10.2. The molecule has 0 spiro atoms. The first-order chi connectivity index (χ1) is 4.61. The van der Waals surface area contributed by atoms with Crippen LogP contribution in [0.1, 0.15) is 11.1 Å². The number of halogens is 2. The molecule has 0 atom stereocenters. The highest BCUT2D eigenvalue weighted by Crippen LogP contribution is 2.21. The van der Waals surface area contributed by atoms with Crippen LogP contribution in [0.3, 0.4) is 0 Å². The van der Waals surface area contributed by atoms with Gasteiger partial charge >= 0.3 is 0 Å². The summed E-state index contributed by atoms with van der Waals surface area (Å²) in [6.07, 6.45) is 0. The number of hydrogen-bond acceptors (Lipinski definition) is 0. The monoisotopic (exact) mass is 310 g/mol. The Hall–Kier alpha value is 0.430.